The first-order valence-electron chi connectivity index (χ1n) is 11.8. The van der Waals surface area contributed by atoms with Gasteiger partial charge in [-0.2, -0.15) is 22.3 Å². The number of nitrogens with zero attached hydrogens (tertiary/aromatic N) is 2. The van der Waals surface area contributed by atoms with Crippen LogP contribution in [0, 0.1) is 5.21 Å². The van der Waals surface area contributed by atoms with Crippen LogP contribution >= 0.6 is 0 Å². The third-order valence-corrected chi connectivity index (χ3v) is 5.97. The molecule has 0 aliphatic heterocycles. The van der Waals surface area contributed by atoms with Gasteiger partial charge in [0.25, 0.3) is 0 Å². The molecule has 38 heavy (non-hydrogen) atoms. The van der Waals surface area contributed by atoms with Crippen LogP contribution in [0.15, 0.2) is 91.4 Å². The number of ether oxygens (including phenoxy) is 2. The van der Waals surface area contributed by atoms with Crippen molar-refractivity contribution in [3.63, 3.8) is 0 Å². The van der Waals surface area contributed by atoms with E-state index in [9.17, 15) is 22.8 Å². The predicted molar refractivity (Wildman–Crippen MR) is 133 cm³/mol. The number of nitrogens with one attached hydrogen (secondary N) is 1. The SMILES string of the molecule is C[C@@H](Nc1ccc(C(Cc2cc[n+]([O-])cc2)c2ccc(OC(F)F)c(OC(F)F)c2)cn1)c1ccccc1. The molecule has 4 rings (SSSR count). The van der Waals surface area contributed by atoms with Gasteiger partial charge in [0.05, 0.1) is 0 Å². The van der Waals surface area contributed by atoms with E-state index >= 15 is 0 Å². The summed E-state index contributed by atoms with van der Waals surface area (Å²) < 4.78 is 61.2. The average molecular weight is 528 g/mol. The fraction of sp³-hybridized carbons (Fsp3) is 0.214. The van der Waals surface area contributed by atoms with Crippen molar-refractivity contribution in [3.8, 4) is 11.5 Å². The van der Waals surface area contributed by atoms with Gasteiger partial charge < -0.3 is 20.0 Å². The Hall–Kier alpha value is -4.34. The molecule has 6 nitrogen and oxygen atoms in total. The van der Waals surface area contributed by atoms with E-state index in [2.05, 4.69) is 19.8 Å². The summed E-state index contributed by atoms with van der Waals surface area (Å²) in [6.07, 6.45) is 4.75. The van der Waals surface area contributed by atoms with Crippen LogP contribution in [0.3, 0.4) is 0 Å². The first-order valence-corrected chi connectivity index (χ1v) is 11.8. The Kier molecular flexibility index (Phi) is 8.62. The molecular weight excluding hydrogens is 502 g/mol. The summed E-state index contributed by atoms with van der Waals surface area (Å²) in [7, 11) is 0. The second-order valence-electron chi connectivity index (χ2n) is 8.54. The van der Waals surface area contributed by atoms with Crippen LogP contribution in [0.4, 0.5) is 23.4 Å². The number of pyridine rings is 2. The zero-order valence-electron chi connectivity index (χ0n) is 20.3. The third kappa shape index (κ3) is 7.12. The van der Waals surface area contributed by atoms with Crippen LogP contribution in [-0.2, 0) is 6.42 Å². The monoisotopic (exact) mass is 527 g/mol. The van der Waals surface area contributed by atoms with Gasteiger partial charge in [0.2, 0.25) is 0 Å². The molecule has 0 radical (unpaired) electrons. The maximum atomic E-state index is 13.0. The molecule has 4 aromatic rings. The highest BCUT2D eigenvalue weighted by molar-refractivity contribution is 5.48. The van der Waals surface area contributed by atoms with Crippen molar-refractivity contribution in [1.29, 1.82) is 0 Å². The highest BCUT2D eigenvalue weighted by Crippen LogP contribution is 2.37. The lowest BCUT2D eigenvalue weighted by atomic mass is 9.86. The van der Waals surface area contributed by atoms with E-state index in [4.69, 9.17) is 0 Å². The quantitative estimate of drug-likeness (QED) is 0.138. The number of benzene rings is 2. The Labute approximate surface area is 217 Å². The molecule has 1 N–H and O–H groups in total. The van der Waals surface area contributed by atoms with Crippen molar-refractivity contribution in [2.45, 2.75) is 38.5 Å². The molecule has 1 unspecified atom stereocenters. The van der Waals surface area contributed by atoms with Crippen molar-refractivity contribution in [3.05, 3.63) is 119 Å². The number of hydrogen-bond donors (Lipinski definition) is 1. The van der Waals surface area contributed by atoms with Gasteiger partial charge in [-0.15, -0.1) is 0 Å². The van der Waals surface area contributed by atoms with Gasteiger partial charge in [-0.3, -0.25) is 0 Å². The fourth-order valence-corrected chi connectivity index (χ4v) is 4.11. The van der Waals surface area contributed by atoms with Crippen LogP contribution in [0.5, 0.6) is 11.5 Å². The van der Waals surface area contributed by atoms with E-state index in [0.29, 0.717) is 22.5 Å². The van der Waals surface area contributed by atoms with E-state index in [1.54, 1.807) is 18.3 Å². The number of aromatic nitrogens is 2. The van der Waals surface area contributed by atoms with Gasteiger partial charge in [-0.1, -0.05) is 42.5 Å². The lowest BCUT2D eigenvalue weighted by Crippen LogP contribution is -2.24. The first kappa shape index (κ1) is 26.7. The molecular formula is C28H25F4N3O3. The van der Waals surface area contributed by atoms with Gasteiger partial charge in [-0.05, 0) is 53.8 Å². The van der Waals surface area contributed by atoms with Gasteiger partial charge >= 0.3 is 13.2 Å². The molecule has 0 fully saturated rings. The topological polar surface area (TPSA) is 70.3 Å². The second kappa shape index (κ2) is 12.3. The van der Waals surface area contributed by atoms with E-state index in [1.165, 1.54) is 30.6 Å². The molecule has 198 valence electrons. The number of anilines is 1. The van der Waals surface area contributed by atoms with Gasteiger partial charge in [0.1, 0.15) is 5.82 Å². The largest absolute Gasteiger partial charge is 0.619 e. The van der Waals surface area contributed by atoms with Crippen molar-refractivity contribution >= 4 is 5.82 Å². The van der Waals surface area contributed by atoms with Gasteiger partial charge in [0, 0.05) is 30.3 Å². The molecule has 2 aromatic heterocycles. The molecule has 0 aliphatic carbocycles. The fourth-order valence-electron chi connectivity index (χ4n) is 4.11. The molecule has 2 aromatic carbocycles. The van der Waals surface area contributed by atoms with Crippen LogP contribution in [0.2, 0.25) is 0 Å². The Morgan fingerprint density at radius 1 is 0.816 bits per heavy atom. The van der Waals surface area contributed by atoms with Crippen molar-refractivity contribution in [2.24, 2.45) is 0 Å². The maximum Gasteiger partial charge on any atom is 0.387 e. The zero-order chi connectivity index (χ0) is 27.1. The van der Waals surface area contributed by atoms with Crippen LogP contribution in [-0.4, -0.2) is 18.2 Å². The Bertz CT molecular complexity index is 1310. The molecule has 0 amide bonds. The van der Waals surface area contributed by atoms with E-state index in [0.717, 1.165) is 16.7 Å². The standard InChI is InChI=1S/C28H25F4N3O3/c1-18(20-5-3-2-4-6-20)34-26-10-8-22(17-33-26)23(15-19-11-13-35(36)14-12-19)21-7-9-24(37-27(29)30)25(16-21)38-28(31)32/h2-14,16-18,23,27-28H,15H2,1H3,(H,33,34)/t18-,23?/m1/s1. The smallest absolute Gasteiger partial charge is 0.387 e. The summed E-state index contributed by atoms with van der Waals surface area (Å²) in [4.78, 5) is 4.53. The third-order valence-electron chi connectivity index (χ3n) is 5.97. The number of halogens is 4. The summed E-state index contributed by atoms with van der Waals surface area (Å²) in [5, 5.41) is 14.8. The number of alkyl halides is 4. The van der Waals surface area contributed by atoms with E-state index in [1.807, 2.05) is 49.4 Å². The second-order valence-corrected chi connectivity index (χ2v) is 8.54. The highest BCUT2D eigenvalue weighted by Gasteiger charge is 2.21. The molecule has 0 bridgehead atoms. The first-order chi connectivity index (χ1) is 18.3. The van der Waals surface area contributed by atoms with Crippen molar-refractivity contribution in [2.75, 3.05) is 5.32 Å². The minimum atomic E-state index is -3.23. The molecule has 2 heterocycles. The lowest BCUT2D eigenvalue weighted by Gasteiger charge is -2.21. The molecule has 0 saturated heterocycles. The minimum Gasteiger partial charge on any atom is -0.619 e. The molecule has 0 spiro atoms. The molecule has 10 heteroatoms. The van der Waals surface area contributed by atoms with Crippen LogP contribution < -0.4 is 19.5 Å². The number of hydrogen-bond acceptors (Lipinski definition) is 5. The predicted octanol–water partition coefficient (Wildman–Crippen LogP) is 6.47. The van der Waals surface area contributed by atoms with Crippen LogP contribution in [0.1, 0.15) is 41.1 Å². The highest BCUT2D eigenvalue weighted by atomic mass is 19.3. The molecule has 0 saturated carbocycles. The van der Waals surface area contributed by atoms with Crippen molar-refractivity contribution < 1.29 is 31.8 Å². The van der Waals surface area contributed by atoms with Crippen LogP contribution in [0.25, 0.3) is 0 Å². The van der Waals surface area contributed by atoms with Gasteiger partial charge in [-0.25, -0.2) is 4.98 Å². The summed E-state index contributed by atoms with van der Waals surface area (Å²) in [5.74, 6) is -0.789. The van der Waals surface area contributed by atoms with E-state index < -0.39 is 30.6 Å². The summed E-state index contributed by atoms with van der Waals surface area (Å²) in [6.45, 7) is -4.43. The summed E-state index contributed by atoms with van der Waals surface area (Å²) in [5.41, 5.74) is 3.15. The summed E-state index contributed by atoms with van der Waals surface area (Å²) >= 11 is 0. The number of rotatable bonds is 11. The molecule has 0 aliphatic rings. The van der Waals surface area contributed by atoms with Gasteiger partial charge in [0.15, 0.2) is 23.9 Å². The average Bonchev–Trinajstić information content (AvgIpc) is 2.90. The Morgan fingerprint density at radius 2 is 1.47 bits per heavy atom. The minimum absolute atomic E-state index is 0.00452. The van der Waals surface area contributed by atoms with E-state index in [-0.39, 0.29) is 6.04 Å². The molecule has 2 atom stereocenters. The Morgan fingerprint density at radius 3 is 2.11 bits per heavy atom. The maximum absolute atomic E-state index is 13.0. The normalized spacial score (nSPS) is 12.8. The van der Waals surface area contributed by atoms with Crippen molar-refractivity contribution in [1.82, 2.24) is 4.98 Å². The zero-order valence-corrected chi connectivity index (χ0v) is 20.3. The Balaban J connectivity index is 1.65. The lowest BCUT2D eigenvalue weighted by molar-refractivity contribution is -0.605. The summed E-state index contributed by atoms with van der Waals surface area (Å²) in [6, 6.07) is 20.8.